The molecule has 22 nitrogen and oxygen atoms in total. The first-order valence-electron chi connectivity index (χ1n) is 33.4. The van der Waals surface area contributed by atoms with E-state index in [0.29, 0.717) is 88.2 Å². The van der Waals surface area contributed by atoms with Crippen LogP contribution in [0, 0.1) is 17.8 Å². The first-order valence-corrected chi connectivity index (χ1v) is 37.2. The number of aliphatic carboxylic acids is 1. The van der Waals surface area contributed by atoms with Crippen molar-refractivity contribution in [3.05, 3.63) is 90.3 Å². The molecule has 0 bridgehead atoms. The summed E-state index contributed by atoms with van der Waals surface area (Å²) in [6.45, 7) is 21.5. The number of alkyl halides is 1. The van der Waals surface area contributed by atoms with E-state index in [2.05, 4.69) is 68.1 Å². The van der Waals surface area contributed by atoms with Gasteiger partial charge in [0, 0.05) is 135 Å². The molecule has 0 unspecified atom stereocenters. The molecule has 6 aromatic heterocycles. The molecule has 3 aliphatic heterocycles. The number of pyridine rings is 3. The molecule has 6 fully saturated rings. The maximum Gasteiger partial charge on any atom is 0.306 e. The van der Waals surface area contributed by atoms with Gasteiger partial charge in [0.1, 0.15) is 16.9 Å². The number of fused-ring (bicyclic) bond motifs is 3. The molecule has 0 radical (unpaired) electrons. The quantitative estimate of drug-likeness (QED) is 0.0762. The van der Waals surface area contributed by atoms with E-state index in [1.165, 1.54) is 16.7 Å². The van der Waals surface area contributed by atoms with Crippen molar-refractivity contribution in [2.45, 2.75) is 189 Å². The number of carboxylic acid groups (broad SMARTS) is 1. The van der Waals surface area contributed by atoms with E-state index >= 15 is 0 Å². The lowest BCUT2D eigenvalue weighted by Crippen LogP contribution is -2.53. The molecule has 9 heterocycles. The van der Waals surface area contributed by atoms with Crippen molar-refractivity contribution in [2.24, 2.45) is 17.8 Å². The standard InChI is InChI=1S/2C22H32N4O3S.C17H21N3O4S.C5H13N.CH3F/c2*1-22(2,3)25(4)21(27)16-12-17(13-16)30(28,29)26-10-7-15(8-11-26)19-14-24-20-18(19)6-5-9-23-20;21-17(22)12-8-13(9-12)25(23,24)20-6-3-11(4-7-20)15-10-19-16-14(15)2-1-5-18-16;1-5(2,3)6-4;1-2/h2*5-6,9,14-17H,7-8,10-13H2,1-4H3,(H,23,24);1-2,5,10-13H,3-4,6-9H2,(H,18,19)(H,21,22);6H,1-4H3;1H3/i;;;;1D. The number of carbonyl (C=O) groups excluding carboxylic acids is 2. The van der Waals surface area contributed by atoms with E-state index in [1.807, 2.05) is 91.4 Å². The van der Waals surface area contributed by atoms with Crippen LogP contribution < -0.4 is 5.32 Å². The summed E-state index contributed by atoms with van der Waals surface area (Å²) in [6, 6.07) is 12.0. The second-order valence-corrected chi connectivity index (χ2v) is 35.6. The molecule has 5 N–H and O–H groups in total. The van der Waals surface area contributed by atoms with Gasteiger partial charge in [0.25, 0.3) is 0 Å². The first kappa shape index (κ1) is 71.4. The third kappa shape index (κ3) is 16.7. The van der Waals surface area contributed by atoms with Crippen LogP contribution >= 0.6 is 0 Å². The second-order valence-electron chi connectivity index (χ2n) is 28.9. The summed E-state index contributed by atoms with van der Waals surface area (Å²) in [4.78, 5) is 62.2. The molecule has 3 aliphatic carbocycles. The summed E-state index contributed by atoms with van der Waals surface area (Å²) >= 11 is 0. The molecule has 0 spiro atoms. The van der Waals surface area contributed by atoms with Crippen LogP contribution in [0.5, 0.6) is 0 Å². The van der Waals surface area contributed by atoms with Crippen molar-refractivity contribution in [3.8, 4) is 0 Å². The summed E-state index contributed by atoms with van der Waals surface area (Å²) < 4.78 is 98.0. The van der Waals surface area contributed by atoms with Gasteiger partial charge in [-0.05, 0) is 217 Å². The van der Waals surface area contributed by atoms with Crippen molar-refractivity contribution in [1.82, 2.24) is 57.9 Å². The molecule has 12 rings (SSSR count). The van der Waals surface area contributed by atoms with Gasteiger partial charge in [-0.15, -0.1) is 0 Å². The Kier molecular flexibility index (Phi) is 22.7. The summed E-state index contributed by atoms with van der Waals surface area (Å²) in [7, 11) is -5.51. The number of aromatic amines is 3. The molecular weight excluding hydrogens is 1250 g/mol. The van der Waals surface area contributed by atoms with Crippen molar-refractivity contribution < 1.29 is 50.5 Å². The molecule has 0 aromatic carbocycles. The molecule has 2 amide bonds. The highest BCUT2D eigenvalue weighted by Crippen LogP contribution is 2.43. The van der Waals surface area contributed by atoms with Gasteiger partial charge in [-0.3, -0.25) is 18.8 Å². The van der Waals surface area contributed by atoms with E-state index in [1.54, 1.807) is 55.4 Å². The topological polar surface area (TPSA) is 288 Å². The Morgan fingerprint density at radius 2 is 0.774 bits per heavy atom. The minimum absolute atomic E-state index is 0.0561. The number of H-pyrrole nitrogens is 3. The van der Waals surface area contributed by atoms with E-state index in [9.17, 15) is 44.0 Å². The average Bonchev–Trinajstić information content (AvgIpc) is 1.08. The molecule has 6 aliphatic rings. The highest BCUT2D eigenvalue weighted by molar-refractivity contribution is 7.90. The van der Waals surface area contributed by atoms with Crippen LogP contribution in [-0.2, 0) is 44.5 Å². The van der Waals surface area contributed by atoms with Gasteiger partial charge in [-0.25, -0.2) is 53.1 Å². The fourth-order valence-electron chi connectivity index (χ4n) is 13.1. The minimum atomic E-state index is -3.38. The Hall–Kier alpha value is -5.90. The average molecular weight is 1350 g/mol. The van der Waals surface area contributed by atoms with Gasteiger partial charge < -0.3 is 35.2 Å². The minimum Gasteiger partial charge on any atom is -0.481 e. The lowest BCUT2D eigenvalue weighted by molar-refractivity contribution is -0.144. The number of halogens is 1. The number of sulfonamides is 3. The maximum absolute atomic E-state index is 13.1. The van der Waals surface area contributed by atoms with Crippen molar-refractivity contribution in [1.29, 1.82) is 0 Å². The SMILES string of the molecule is CN(C(=O)C1CC(S(=O)(=O)N2CCC(c3c[nH]c4ncccc34)CC2)C1)C(C)(C)C.CN(C(=O)C1CC(S(=O)(=O)N2CCC(c3c[nH]c4ncccc34)CC2)C1)C(C)(C)C.CNC(C)(C)C.O=C(O)C1CC(S(=O)(=O)N2CCC(c3c[nH]c4ncccc34)CC2)C1.[2H]CF. The third-order valence-corrected chi connectivity index (χ3v) is 27.2. The zero-order valence-corrected chi connectivity index (χ0v) is 58.8. The lowest BCUT2D eigenvalue weighted by atomic mass is 9.83. The Labute approximate surface area is 551 Å². The monoisotopic (exact) mass is 1350 g/mol. The van der Waals surface area contributed by atoms with Gasteiger partial charge in [-0.2, -0.15) is 0 Å². The number of hydrogen-bond acceptors (Lipinski definition) is 13. The Morgan fingerprint density at radius 1 is 0.527 bits per heavy atom. The van der Waals surface area contributed by atoms with Crippen LogP contribution in [0.3, 0.4) is 0 Å². The number of amides is 2. The Morgan fingerprint density at radius 3 is 1.00 bits per heavy atom. The number of carbonyl (C=O) groups is 3. The third-order valence-electron chi connectivity index (χ3n) is 20.2. The van der Waals surface area contributed by atoms with E-state index in [4.69, 9.17) is 6.48 Å². The number of aromatic nitrogens is 6. The van der Waals surface area contributed by atoms with Gasteiger partial charge in [0.05, 0.1) is 30.2 Å². The molecule has 0 atom stereocenters. The molecule has 26 heteroatoms. The number of hydrogen-bond donors (Lipinski definition) is 5. The zero-order valence-electron chi connectivity index (χ0n) is 57.4. The smallest absolute Gasteiger partial charge is 0.306 e. The second kappa shape index (κ2) is 29.6. The first-order chi connectivity index (χ1) is 44.1. The normalized spacial score (nSPS) is 23.4. The van der Waals surface area contributed by atoms with Crippen molar-refractivity contribution >= 4 is 81.0 Å². The van der Waals surface area contributed by atoms with Gasteiger partial charge in [-0.1, -0.05) is 0 Å². The lowest BCUT2D eigenvalue weighted by Gasteiger charge is -2.42. The van der Waals surface area contributed by atoms with Crippen LogP contribution in [0.4, 0.5) is 4.39 Å². The van der Waals surface area contributed by atoms with Crippen LogP contribution in [0.1, 0.15) is 175 Å². The van der Waals surface area contributed by atoms with Crippen molar-refractivity contribution in [3.63, 3.8) is 0 Å². The summed E-state index contributed by atoms with van der Waals surface area (Å²) in [6.07, 6.45) is 18.3. The summed E-state index contributed by atoms with van der Waals surface area (Å²) in [5, 5.41) is 14.0. The predicted octanol–water partition coefficient (Wildman–Crippen LogP) is 9.74. The van der Waals surface area contributed by atoms with Crippen LogP contribution in [0.25, 0.3) is 33.1 Å². The Bertz CT molecular complexity index is 3710. The van der Waals surface area contributed by atoms with Crippen LogP contribution in [-0.4, -0.2) is 201 Å². The van der Waals surface area contributed by atoms with Gasteiger partial charge in [0.15, 0.2) is 0 Å². The van der Waals surface area contributed by atoms with Crippen LogP contribution in [0.2, 0.25) is 0 Å². The molecule has 3 saturated carbocycles. The number of carboxylic acids is 1. The van der Waals surface area contributed by atoms with E-state index in [0.717, 1.165) is 71.6 Å². The van der Waals surface area contributed by atoms with Crippen LogP contribution in [0.15, 0.2) is 73.6 Å². The maximum atomic E-state index is 13.1. The zero-order chi connectivity index (χ0) is 68.9. The largest absolute Gasteiger partial charge is 0.481 e. The highest BCUT2D eigenvalue weighted by Gasteiger charge is 2.50. The fraction of sp³-hybridized carbons (Fsp3) is 0.642. The summed E-state index contributed by atoms with van der Waals surface area (Å²) in [5.74, 6) is -0.639. The molecular formula is C67H101FN12O10S3. The number of nitrogens with zero attached hydrogens (tertiary/aromatic N) is 8. The number of nitrogens with one attached hydrogen (secondary N) is 4. The van der Waals surface area contributed by atoms with Gasteiger partial charge >= 0.3 is 5.97 Å². The predicted molar refractivity (Wildman–Crippen MR) is 364 cm³/mol. The van der Waals surface area contributed by atoms with Gasteiger partial charge in [0.2, 0.25) is 41.9 Å². The number of piperidine rings is 3. The van der Waals surface area contributed by atoms with Crippen molar-refractivity contribution in [2.75, 3.05) is 67.6 Å². The van der Waals surface area contributed by atoms with E-state index < -0.39 is 64.9 Å². The molecule has 514 valence electrons. The molecule has 93 heavy (non-hydrogen) atoms. The van der Waals surface area contributed by atoms with E-state index in [-0.39, 0.29) is 47.6 Å². The Balaban J connectivity index is 0.000000170. The molecule has 3 saturated heterocycles. The highest BCUT2D eigenvalue weighted by atomic mass is 32.2. The molecule has 6 aromatic rings. The fourth-order valence-corrected chi connectivity index (χ4v) is 19.4. The summed E-state index contributed by atoms with van der Waals surface area (Å²) in [5.41, 5.74) is 6.09. The number of rotatable bonds is 12.